The van der Waals surface area contributed by atoms with Crippen molar-refractivity contribution in [1.29, 1.82) is 0 Å². The predicted molar refractivity (Wildman–Crippen MR) is 80.0 cm³/mol. The molecule has 2 rings (SSSR count). The highest BCUT2D eigenvalue weighted by Gasteiger charge is 2.28. The highest BCUT2D eigenvalue weighted by atomic mass is 35.5. The van der Waals surface area contributed by atoms with Crippen molar-refractivity contribution in [2.24, 2.45) is 11.1 Å². The van der Waals surface area contributed by atoms with Gasteiger partial charge in [0.15, 0.2) is 0 Å². The topological polar surface area (TPSA) is 52.9 Å². The van der Waals surface area contributed by atoms with E-state index in [-0.39, 0.29) is 11.8 Å². The van der Waals surface area contributed by atoms with Crippen molar-refractivity contribution in [2.45, 2.75) is 19.8 Å². The molecular weight excluding hydrogens is 299 g/mol. The maximum Gasteiger partial charge on any atom is 0.253 e. The van der Waals surface area contributed by atoms with Crippen LogP contribution in [0.4, 0.5) is 0 Å². The lowest BCUT2D eigenvalue weighted by Crippen LogP contribution is -2.44. The molecule has 0 bridgehead atoms. The van der Waals surface area contributed by atoms with Crippen LogP contribution in [0.2, 0.25) is 10.0 Å². The summed E-state index contributed by atoms with van der Waals surface area (Å²) in [6.45, 7) is 3.11. The van der Waals surface area contributed by atoms with E-state index in [1.165, 1.54) is 0 Å². The van der Waals surface area contributed by atoms with E-state index in [1.54, 1.807) is 23.1 Å². The third-order valence-corrected chi connectivity index (χ3v) is 4.00. The first kappa shape index (κ1) is 15.1. The van der Waals surface area contributed by atoms with Crippen LogP contribution in [0.1, 0.15) is 30.1 Å². The molecule has 1 N–H and O–H groups in total. The van der Waals surface area contributed by atoms with Crippen molar-refractivity contribution < 1.29 is 10.0 Å². The Bertz CT molecular complexity index is 526. The Kier molecular flexibility index (Phi) is 4.89. The number of likely N-dealkylation sites (tertiary alicyclic amines) is 1. The van der Waals surface area contributed by atoms with Gasteiger partial charge in [0.25, 0.3) is 5.91 Å². The fraction of sp³-hybridized carbons (Fsp3) is 0.429. The molecule has 1 amide bonds. The zero-order valence-corrected chi connectivity index (χ0v) is 12.7. The number of benzene rings is 1. The van der Waals surface area contributed by atoms with Gasteiger partial charge in [0.1, 0.15) is 0 Å². The second-order valence-corrected chi connectivity index (χ2v) is 5.73. The summed E-state index contributed by atoms with van der Waals surface area (Å²) in [4.78, 5) is 14.2. The van der Waals surface area contributed by atoms with Crippen molar-refractivity contribution in [3.8, 4) is 0 Å². The van der Waals surface area contributed by atoms with Gasteiger partial charge < -0.3 is 10.1 Å². The Morgan fingerprint density at radius 1 is 1.40 bits per heavy atom. The lowest BCUT2D eigenvalue weighted by atomic mass is 9.93. The van der Waals surface area contributed by atoms with Gasteiger partial charge in [0, 0.05) is 41.0 Å². The van der Waals surface area contributed by atoms with Crippen molar-refractivity contribution in [3.05, 3.63) is 33.8 Å². The first-order chi connectivity index (χ1) is 9.55. The van der Waals surface area contributed by atoms with Crippen LogP contribution >= 0.6 is 23.2 Å². The summed E-state index contributed by atoms with van der Waals surface area (Å²) in [6, 6.07) is 4.83. The summed E-state index contributed by atoms with van der Waals surface area (Å²) in [5.74, 6) is 0.0113. The van der Waals surface area contributed by atoms with E-state index in [0.717, 1.165) is 12.1 Å². The fourth-order valence-electron chi connectivity index (χ4n) is 2.46. The molecule has 1 fully saturated rings. The average molecular weight is 315 g/mol. The van der Waals surface area contributed by atoms with Crippen LogP contribution in [0.5, 0.6) is 0 Å². The van der Waals surface area contributed by atoms with Crippen LogP contribution in [0.25, 0.3) is 0 Å². The van der Waals surface area contributed by atoms with E-state index in [1.807, 2.05) is 6.92 Å². The van der Waals surface area contributed by atoms with E-state index < -0.39 is 0 Å². The number of hydrogen-bond donors (Lipinski definition) is 1. The van der Waals surface area contributed by atoms with E-state index in [0.29, 0.717) is 35.1 Å². The molecule has 1 unspecified atom stereocenters. The maximum absolute atomic E-state index is 12.5. The van der Waals surface area contributed by atoms with Crippen molar-refractivity contribution >= 4 is 34.8 Å². The van der Waals surface area contributed by atoms with Crippen LogP contribution in [-0.4, -0.2) is 34.8 Å². The standard InChI is InChI=1S/C14H16Cl2N2O2/c1-2-9-8-18(4-3-13(9)17-20)14(19)10-5-11(15)7-12(16)6-10/h5-7,9,20H,2-4,8H2,1H3/b17-13+. The van der Waals surface area contributed by atoms with Crippen LogP contribution in [-0.2, 0) is 0 Å². The second kappa shape index (κ2) is 6.46. The van der Waals surface area contributed by atoms with Crippen LogP contribution in [0.3, 0.4) is 0 Å². The molecule has 1 atom stereocenters. The Labute approximate surface area is 128 Å². The molecular formula is C14H16Cl2N2O2. The Hall–Kier alpha value is -1.26. The van der Waals surface area contributed by atoms with Gasteiger partial charge >= 0.3 is 0 Å². The monoisotopic (exact) mass is 314 g/mol. The number of carbonyl (C=O) groups excluding carboxylic acids is 1. The molecule has 1 saturated heterocycles. The molecule has 20 heavy (non-hydrogen) atoms. The molecule has 0 radical (unpaired) electrons. The van der Waals surface area contributed by atoms with Gasteiger partial charge in [0.2, 0.25) is 0 Å². The van der Waals surface area contributed by atoms with Crippen LogP contribution < -0.4 is 0 Å². The highest BCUT2D eigenvalue weighted by Crippen LogP contribution is 2.23. The summed E-state index contributed by atoms with van der Waals surface area (Å²) in [6.07, 6.45) is 1.43. The van der Waals surface area contributed by atoms with Gasteiger partial charge in [-0.1, -0.05) is 35.3 Å². The van der Waals surface area contributed by atoms with Gasteiger partial charge in [-0.25, -0.2) is 0 Å². The Morgan fingerprint density at radius 2 is 2.05 bits per heavy atom. The van der Waals surface area contributed by atoms with E-state index >= 15 is 0 Å². The van der Waals surface area contributed by atoms with Gasteiger partial charge in [-0.15, -0.1) is 0 Å². The maximum atomic E-state index is 12.5. The molecule has 0 saturated carbocycles. The SMILES string of the molecule is CCC1CN(C(=O)c2cc(Cl)cc(Cl)c2)CC/C1=N\O. The summed E-state index contributed by atoms with van der Waals surface area (Å²) < 4.78 is 0. The molecule has 0 aromatic heterocycles. The van der Waals surface area contributed by atoms with Gasteiger partial charge in [-0.2, -0.15) is 0 Å². The molecule has 108 valence electrons. The van der Waals surface area contributed by atoms with Gasteiger partial charge in [-0.05, 0) is 24.6 Å². The number of piperidine rings is 1. The smallest absolute Gasteiger partial charge is 0.253 e. The van der Waals surface area contributed by atoms with Gasteiger partial charge in [0.05, 0.1) is 5.71 Å². The number of hydrogen-bond acceptors (Lipinski definition) is 3. The largest absolute Gasteiger partial charge is 0.411 e. The minimum absolute atomic E-state index is 0.0927. The third-order valence-electron chi connectivity index (χ3n) is 3.57. The predicted octanol–water partition coefficient (Wildman–Crippen LogP) is 3.70. The molecule has 1 aliphatic heterocycles. The highest BCUT2D eigenvalue weighted by molar-refractivity contribution is 6.35. The van der Waals surface area contributed by atoms with Crippen molar-refractivity contribution in [1.82, 2.24) is 4.90 Å². The minimum Gasteiger partial charge on any atom is -0.411 e. The fourth-order valence-corrected chi connectivity index (χ4v) is 2.98. The number of rotatable bonds is 2. The summed E-state index contributed by atoms with van der Waals surface area (Å²) >= 11 is 11.9. The molecule has 1 heterocycles. The number of nitrogens with zero attached hydrogens (tertiary/aromatic N) is 2. The first-order valence-electron chi connectivity index (χ1n) is 6.51. The zero-order valence-electron chi connectivity index (χ0n) is 11.1. The average Bonchev–Trinajstić information content (AvgIpc) is 2.44. The number of oxime groups is 1. The van der Waals surface area contributed by atoms with Crippen molar-refractivity contribution in [2.75, 3.05) is 13.1 Å². The third kappa shape index (κ3) is 3.25. The summed E-state index contributed by atoms with van der Waals surface area (Å²) in [7, 11) is 0. The van der Waals surface area contributed by atoms with E-state index in [4.69, 9.17) is 28.4 Å². The van der Waals surface area contributed by atoms with E-state index in [2.05, 4.69) is 5.16 Å². The Morgan fingerprint density at radius 3 is 2.60 bits per heavy atom. The van der Waals surface area contributed by atoms with Crippen molar-refractivity contribution in [3.63, 3.8) is 0 Å². The zero-order chi connectivity index (χ0) is 14.7. The number of amides is 1. The number of halogens is 2. The summed E-state index contributed by atoms with van der Waals surface area (Å²) in [5.41, 5.74) is 1.25. The molecule has 1 aromatic rings. The lowest BCUT2D eigenvalue weighted by Gasteiger charge is -2.33. The molecule has 6 heteroatoms. The quantitative estimate of drug-likeness (QED) is 0.668. The Balaban J connectivity index is 2.17. The van der Waals surface area contributed by atoms with E-state index in [9.17, 15) is 4.79 Å². The normalized spacial score (nSPS) is 21.2. The summed E-state index contributed by atoms with van der Waals surface area (Å²) in [5, 5.41) is 13.2. The number of carbonyl (C=O) groups is 1. The molecule has 0 aliphatic carbocycles. The molecule has 1 aliphatic rings. The van der Waals surface area contributed by atoms with Gasteiger partial charge in [-0.3, -0.25) is 4.79 Å². The van der Waals surface area contributed by atoms with Crippen LogP contribution in [0.15, 0.2) is 23.4 Å². The van der Waals surface area contributed by atoms with Crippen LogP contribution in [0, 0.1) is 5.92 Å². The molecule has 0 spiro atoms. The minimum atomic E-state index is -0.0927. The molecule has 4 nitrogen and oxygen atoms in total. The lowest BCUT2D eigenvalue weighted by molar-refractivity contribution is 0.0729. The molecule has 1 aromatic carbocycles. The second-order valence-electron chi connectivity index (χ2n) is 4.86. The first-order valence-corrected chi connectivity index (χ1v) is 7.27.